The summed E-state index contributed by atoms with van der Waals surface area (Å²) in [5.74, 6) is -0.976. The Balaban J connectivity index is 2.02. The lowest BCUT2D eigenvalue weighted by atomic mass is 10.2. The zero-order valence-electron chi connectivity index (χ0n) is 12.3. The molecule has 3 amide bonds. The lowest BCUT2D eigenvalue weighted by molar-refractivity contribution is -0.147. The number of rotatable bonds is 3. The van der Waals surface area contributed by atoms with E-state index in [1.54, 1.807) is 26.0 Å². The Morgan fingerprint density at radius 1 is 1.14 bits per heavy atom. The molecule has 1 aromatic carbocycles. The van der Waals surface area contributed by atoms with Gasteiger partial charge in [0.25, 0.3) is 0 Å². The van der Waals surface area contributed by atoms with E-state index in [-0.39, 0.29) is 34.8 Å². The molecule has 0 unspecified atom stereocenters. The average Bonchev–Trinajstić information content (AvgIpc) is 2.44. The van der Waals surface area contributed by atoms with Crippen molar-refractivity contribution in [2.45, 2.75) is 31.3 Å². The smallest absolute Gasteiger partial charge is 0.244 e. The molecule has 2 atom stereocenters. The third-order valence-corrected chi connectivity index (χ3v) is 4.49. The number of carbonyl (C=O) groups is 3. The minimum Gasteiger partial charge on any atom is -0.325 e. The van der Waals surface area contributed by atoms with Gasteiger partial charge in [0, 0.05) is 5.69 Å². The Morgan fingerprint density at radius 2 is 1.67 bits per heavy atom. The van der Waals surface area contributed by atoms with Crippen molar-refractivity contribution in [2.24, 2.45) is 0 Å². The molecule has 2 rings (SSSR count). The van der Waals surface area contributed by atoms with E-state index in [9.17, 15) is 14.4 Å². The molecule has 1 heterocycles. The molecule has 1 N–H and O–H groups in total. The molecule has 0 aromatic heterocycles. The summed E-state index contributed by atoms with van der Waals surface area (Å²) >= 11 is 1.32. The predicted octanol–water partition coefficient (Wildman–Crippen LogP) is 1.81. The van der Waals surface area contributed by atoms with E-state index < -0.39 is 0 Å². The van der Waals surface area contributed by atoms with E-state index in [0.717, 1.165) is 10.5 Å². The number of hydrogen-bond donors (Lipinski definition) is 1. The average molecular weight is 306 g/mol. The topological polar surface area (TPSA) is 66.5 Å². The molecule has 1 saturated heterocycles. The van der Waals surface area contributed by atoms with Crippen LogP contribution < -0.4 is 5.32 Å². The van der Waals surface area contributed by atoms with Crippen molar-refractivity contribution < 1.29 is 14.4 Å². The first kappa shape index (κ1) is 15.6. The SMILES string of the molecule is Cc1ccc(NC(=O)CN2C(=O)[C@H](C)S[C@@H](C)C2=O)cc1. The highest BCUT2D eigenvalue weighted by Crippen LogP contribution is 2.26. The summed E-state index contributed by atoms with van der Waals surface area (Å²) in [7, 11) is 0. The Hall–Kier alpha value is -1.82. The van der Waals surface area contributed by atoms with Gasteiger partial charge in [-0.15, -0.1) is 11.8 Å². The largest absolute Gasteiger partial charge is 0.325 e. The number of carbonyl (C=O) groups excluding carboxylic acids is 3. The Labute approximate surface area is 128 Å². The van der Waals surface area contributed by atoms with Crippen molar-refractivity contribution >= 4 is 35.2 Å². The zero-order chi connectivity index (χ0) is 15.6. The fraction of sp³-hybridized carbons (Fsp3) is 0.400. The molecular formula is C15H18N2O3S. The van der Waals surface area contributed by atoms with Crippen molar-refractivity contribution in [3.05, 3.63) is 29.8 Å². The van der Waals surface area contributed by atoms with Crippen LogP contribution in [0.15, 0.2) is 24.3 Å². The second kappa shape index (κ2) is 6.30. The number of hydrogen-bond acceptors (Lipinski definition) is 4. The summed E-state index contributed by atoms with van der Waals surface area (Å²) in [6, 6.07) is 7.34. The van der Waals surface area contributed by atoms with Gasteiger partial charge in [-0.1, -0.05) is 17.7 Å². The zero-order valence-corrected chi connectivity index (χ0v) is 13.1. The van der Waals surface area contributed by atoms with E-state index in [1.807, 2.05) is 19.1 Å². The van der Waals surface area contributed by atoms with Crippen molar-refractivity contribution in [1.82, 2.24) is 4.90 Å². The Morgan fingerprint density at radius 3 is 2.19 bits per heavy atom. The van der Waals surface area contributed by atoms with Gasteiger partial charge >= 0.3 is 0 Å². The highest BCUT2D eigenvalue weighted by atomic mass is 32.2. The molecule has 21 heavy (non-hydrogen) atoms. The van der Waals surface area contributed by atoms with Crippen LogP contribution in [0.4, 0.5) is 5.69 Å². The molecule has 1 fully saturated rings. The summed E-state index contributed by atoms with van der Waals surface area (Å²) in [6.07, 6.45) is 0. The van der Waals surface area contributed by atoms with Crippen LogP contribution in [0.2, 0.25) is 0 Å². The van der Waals surface area contributed by atoms with Gasteiger partial charge in [-0.05, 0) is 32.9 Å². The summed E-state index contributed by atoms with van der Waals surface area (Å²) < 4.78 is 0. The first-order chi connectivity index (χ1) is 9.88. The lowest BCUT2D eigenvalue weighted by Crippen LogP contribution is -2.52. The number of benzene rings is 1. The third kappa shape index (κ3) is 3.64. The minimum absolute atomic E-state index is 0.235. The summed E-state index contributed by atoms with van der Waals surface area (Å²) in [5, 5.41) is 2.09. The van der Waals surface area contributed by atoms with Gasteiger partial charge in [0.15, 0.2) is 0 Å². The van der Waals surface area contributed by atoms with E-state index >= 15 is 0 Å². The second-order valence-corrected chi connectivity index (χ2v) is 6.78. The van der Waals surface area contributed by atoms with Crippen molar-refractivity contribution in [3.63, 3.8) is 0 Å². The number of amides is 3. The number of anilines is 1. The molecule has 1 aromatic rings. The summed E-state index contributed by atoms with van der Waals surface area (Å²) in [5.41, 5.74) is 1.74. The normalized spacial score (nSPS) is 22.3. The highest BCUT2D eigenvalue weighted by Gasteiger charge is 2.37. The first-order valence-electron chi connectivity index (χ1n) is 6.75. The molecule has 0 saturated carbocycles. The van der Waals surface area contributed by atoms with Crippen LogP contribution in [-0.2, 0) is 14.4 Å². The Kier molecular flexibility index (Phi) is 4.67. The molecule has 1 aliphatic rings. The van der Waals surface area contributed by atoms with Crippen LogP contribution in [0, 0.1) is 6.92 Å². The Bertz CT molecular complexity index is 551. The number of nitrogens with zero attached hydrogens (tertiary/aromatic N) is 1. The molecule has 0 bridgehead atoms. The molecule has 0 spiro atoms. The second-order valence-electron chi connectivity index (χ2n) is 5.10. The maximum atomic E-state index is 12.0. The van der Waals surface area contributed by atoms with Crippen LogP contribution in [0.25, 0.3) is 0 Å². The molecule has 5 nitrogen and oxygen atoms in total. The standard InChI is InChI=1S/C15H18N2O3S/c1-9-4-6-12(7-5-9)16-13(18)8-17-14(19)10(2)21-11(3)15(17)20/h4-7,10-11H,8H2,1-3H3,(H,16,18)/t10-,11-/m0/s1. The number of thioether (sulfide) groups is 1. The van der Waals surface area contributed by atoms with E-state index in [1.165, 1.54) is 11.8 Å². The first-order valence-corrected chi connectivity index (χ1v) is 7.70. The molecule has 0 radical (unpaired) electrons. The third-order valence-electron chi connectivity index (χ3n) is 3.27. The van der Waals surface area contributed by atoms with Gasteiger partial charge in [0.1, 0.15) is 6.54 Å². The van der Waals surface area contributed by atoms with Crippen molar-refractivity contribution in [2.75, 3.05) is 11.9 Å². The number of aryl methyl sites for hydroxylation is 1. The molecular weight excluding hydrogens is 288 g/mol. The molecule has 1 aliphatic heterocycles. The van der Waals surface area contributed by atoms with E-state index in [0.29, 0.717) is 5.69 Å². The summed E-state index contributed by atoms with van der Waals surface area (Å²) in [6.45, 7) is 5.22. The molecule has 112 valence electrons. The van der Waals surface area contributed by atoms with Gasteiger partial charge < -0.3 is 5.32 Å². The highest BCUT2D eigenvalue weighted by molar-refractivity contribution is 8.02. The summed E-state index contributed by atoms with van der Waals surface area (Å²) in [4.78, 5) is 37.1. The van der Waals surface area contributed by atoms with Gasteiger partial charge in [-0.25, -0.2) is 0 Å². The maximum absolute atomic E-state index is 12.0. The van der Waals surface area contributed by atoms with Crippen molar-refractivity contribution in [3.8, 4) is 0 Å². The molecule has 6 heteroatoms. The lowest BCUT2D eigenvalue weighted by Gasteiger charge is -2.31. The van der Waals surface area contributed by atoms with Crippen LogP contribution in [0.5, 0.6) is 0 Å². The molecule has 0 aliphatic carbocycles. The fourth-order valence-corrected chi connectivity index (χ4v) is 3.21. The quantitative estimate of drug-likeness (QED) is 0.865. The minimum atomic E-state index is -0.369. The van der Waals surface area contributed by atoms with Gasteiger partial charge in [0.2, 0.25) is 17.7 Å². The predicted molar refractivity (Wildman–Crippen MR) is 83.0 cm³/mol. The van der Waals surface area contributed by atoms with Crippen LogP contribution in [0.3, 0.4) is 0 Å². The van der Waals surface area contributed by atoms with Crippen LogP contribution in [-0.4, -0.2) is 39.7 Å². The van der Waals surface area contributed by atoms with E-state index in [2.05, 4.69) is 5.32 Å². The van der Waals surface area contributed by atoms with E-state index in [4.69, 9.17) is 0 Å². The number of imide groups is 1. The van der Waals surface area contributed by atoms with Gasteiger partial charge in [0.05, 0.1) is 10.5 Å². The maximum Gasteiger partial charge on any atom is 0.244 e. The monoisotopic (exact) mass is 306 g/mol. The van der Waals surface area contributed by atoms with Gasteiger partial charge in [-0.2, -0.15) is 0 Å². The van der Waals surface area contributed by atoms with Crippen LogP contribution >= 0.6 is 11.8 Å². The van der Waals surface area contributed by atoms with Crippen molar-refractivity contribution in [1.29, 1.82) is 0 Å². The number of nitrogens with one attached hydrogen (secondary N) is 1. The fourth-order valence-electron chi connectivity index (χ4n) is 2.11. The van der Waals surface area contributed by atoms with Crippen LogP contribution in [0.1, 0.15) is 19.4 Å². The van der Waals surface area contributed by atoms with Gasteiger partial charge in [-0.3, -0.25) is 19.3 Å².